The Bertz CT molecular complexity index is 144. The highest BCUT2D eigenvalue weighted by molar-refractivity contribution is 5.83. The zero-order valence-electron chi connectivity index (χ0n) is 5.63. The number of carbonyl (C=O) groups is 1. The molecule has 10 heavy (non-hydrogen) atoms. The van der Waals surface area contributed by atoms with E-state index in [2.05, 4.69) is 5.32 Å². The number of nitrogens with one attached hydrogen (secondary N) is 1. The van der Waals surface area contributed by atoms with Crippen molar-refractivity contribution in [3.8, 4) is 0 Å². The molecule has 1 aliphatic rings. The zero-order chi connectivity index (χ0) is 7.61. The summed E-state index contributed by atoms with van der Waals surface area (Å²) in [5.74, 6) is -2.80. The van der Waals surface area contributed by atoms with Gasteiger partial charge in [-0.15, -0.1) is 0 Å². The molecule has 1 heterocycles. The van der Waals surface area contributed by atoms with Gasteiger partial charge >= 0.3 is 0 Å². The second kappa shape index (κ2) is 2.56. The summed E-state index contributed by atoms with van der Waals surface area (Å²) in [5, 5.41) is 20.3. The molecule has 0 aromatic rings. The third-order valence-electron chi connectivity index (χ3n) is 1.60. The van der Waals surface area contributed by atoms with Crippen molar-refractivity contribution >= 4 is 5.91 Å². The van der Waals surface area contributed by atoms with Crippen molar-refractivity contribution in [2.45, 2.75) is 25.0 Å². The van der Waals surface area contributed by atoms with Crippen LogP contribution < -0.4 is 5.32 Å². The van der Waals surface area contributed by atoms with Gasteiger partial charge in [0.05, 0.1) is 0 Å². The average Bonchev–Trinajstić information content (AvgIpc) is 1.96. The molecule has 4 nitrogen and oxygen atoms in total. The average molecular weight is 145 g/mol. The van der Waals surface area contributed by atoms with Gasteiger partial charge in [-0.1, -0.05) is 0 Å². The van der Waals surface area contributed by atoms with Crippen molar-refractivity contribution in [1.82, 2.24) is 5.32 Å². The lowest BCUT2D eigenvalue weighted by Gasteiger charge is -2.16. The zero-order valence-corrected chi connectivity index (χ0v) is 5.63. The predicted molar refractivity (Wildman–Crippen MR) is 34.0 cm³/mol. The van der Waals surface area contributed by atoms with E-state index in [0.29, 0.717) is 13.0 Å². The van der Waals surface area contributed by atoms with E-state index in [9.17, 15) is 4.79 Å². The number of carbonyl (C=O) groups excluding carboxylic acids is 1. The molecule has 1 aliphatic heterocycles. The molecule has 0 saturated carbocycles. The molecule has 1 amide bonds. The second-order valence-electron chi connectivity index (χ2n) is 2.53. The van der Waals surface area contributed by atoms with Crippen LogP contribution in [0.2, 0.25) is 0 Å². The lowest BCUT2D eigenvalue weighted by Crippen LogP contribution is -2.45. The Kier molecular flexibility index (Phi) is 1.92. The maximum atomic E-state index is 10.7. The number of amides is 1. The van der Waals surface area contributed by atoms with E-state index in [-0.39, 0.29) is 6.42 Å². The van der Waals surface area contributed by atoms with E-state index in [4.69, 9.17) is 10.2 Å². The van der Waals surface area contributed by atoms with Crippen LogP contribution in [0, 0.1) is 0 Å². The van der Waals surface area contributed by atoms with Crippen LogP contribution in [0.15, 0.2) is 0 Å². The highest BCUT2D eigenvalue weighted by atomic mass is 16.5. The Morgan fingerprint density at radius 2 is 2.10 bits per heavy atom. The summed E-state index contributed by atoms with van der Waals surface area (Å²) in [5.41, 5.74) is 0. The van der Waals surface area contributed by atoms with E-state index in [1.807, 2.05) is 0 Å². The fraction of sp³-hybridized carbons (Fsp3) is 0.833. The summed E-state index contributed by atoms with van der Waals surface area (Å²) in [6, 6.07) is 0. The summed E-state index contributed by atoms with van der Waals surface area (Å²) in [4.78, 5) is 10.7. The Balaban J connectivity index is 2.61. The summed E-state index contributed by atoms with van der Waals surface area (Å²) in [6.45, 7) is 0.543. The van der Waals surface area contributed by atoms with E-state index < -0.39 is 11.7 Å². The molecule has 0 unspecified atom stereocenters. The van der Waals surface area contributed by atoms with Gasteiger partial charge in [-0.05, 0) is 12.8 Å². The van der Waals surface area contributed by atoms with Crippen molar-refractivity contribution in [1.29, 1.82) is 0 Å². The van der Waals surface area contributed by atoms with Crippen molar-refractivity contribution in [3.05, 3.63) is 0 Å². The van der Waals surface area contributed by atoms with E-state index in [1.54, 1.807) is 0 Å². The van der Waals surface area contributed by atoms with Crippen LogP contribution in [0.5, 0.6) is 0 Å². The highest BCUT2D eigenvalue weighted by Crippen LogP contribution is 2.13. The third kappa shape index (κ3) is 1.46. The van der Waals surface area contributed by atoms with Crippen molar-refractivity contribution in [2.75, 3.05) is 6.54 Å². The molecule has 1 saturated heterocycles. The maximum Gasteiger partial charge on any atom is 0.279 e. The van der Waals surface area contributed by atoms with Gasteiger partial charge in [0.25, 0.3) is 5.91 Å². The minimum atomic E-state index is -2.13. The smallest absolute Gasteiger partial charge is 0.279 e. The molecule has 0 aliphatic carbocycles. The summed E-state index contributed by atoms with van der Waals surface area (Å²) in [6.07, 6.45) is 1.62. The quantitative estimate of drug-likeness (QED) is 0.382. The lowest BCUT2D eigenvalue weighted by molar-refractivity contribution is -0.185. The SMILES string of the molecule is O=C1NCCCCC1(O)O. The third-order valence-corrected chi connectivity index (χ3v) is 1.60. The first-order chi connectivity index (χ1) is 4.63. The van der Waals surface area contributed by atoms with Crippen LogP contribution in [0.25, 0.3) is 0 Å². The molecule has 0 radical (unpaired) electrons. The molecule has 1 fully saturated rings. The standard InChI is InChI=1S/C6H11NO3/c8-5-6(9,10)3-1-2-4-7-5/h9-10H,1-4H2,(H,7,8). The number of hydrogen-bond acceptors (Lipinski definition) is 3. The van der Waals surface area contributed by atoms with Crippen molar-refractivity contribution in [2.24, 2.45) is 0 Å². The van der Waals surface area contributed by atoms with Gasteiger partial charge in [-0.25, -0.2) is 0 Å². The summed E-state index contributed by atoms with van der Waals surface area (Å²) >= 11 is 0. The molecular weight excluding hydrogens is 134 g/mol. The first kappa shape index (κ1) is 7.50. The Labute approximate surface area is 58.9 Å². The fourth-order valence-electron chi connectivity index (χ4n) is 0.954. The van der Waals surface area contributed by atoms with Crippen LogP contribution in [0.4, 0.5) is 0 Å². The van der Waals surface area contributed by atoms with Gasteiger partial charge in [0.2, 0.25) is 5.79 Å². The number of hydrogen-bond donors (Lipinski definition) is 3. The molecule has 0 bridgehead atoms. The first-order valence-electron chi connectivity index (χ1n) is 3.36. The first-order valence-corrected chi connectivity index (χ1v) is 3.36. The van der Waals surface area contributed by atoms with E-state index >= 15 is 0 Å². The number of rotatable bonds is 0. The van der Waals surface area contributed by atoms with Gasteiger partial charge in [0, 0.05) is 13.0 Å². The van der Waals surface area contributed by atoms with Crippen LogP contribution in [0.1, 0.15) is 19.3 Å². The molecular formula is C6H11NO3. The maximum absolute atomic E-state index is 10.7. The van der Waals surface area contributed by atoms with Gasteiger partial charge < -0.3 is 15.5 Å². The van der Waals surface area contributed by atoms with Gasteiger partial charge in [-0.2, -0.15) is 0 Å². The van der Waals surface area contributed by atoms with Crippen LogP contribution in [-0.4, -0.2) is 28.5 Å². The molecule has 0 atom stereocenters. The molecule has 0 aromatic heterocycles. The monoisotopic (exact) mass is 145 g/mol. The van der Waals surface area contributed by atoms with Gasteiger partial charge in [0.1, 0.15) is 0 Å². The van der Waals surface area contributed by atoms with Crippen LogP contribution in [-0.2, 0) is 4.79 Å². The van der Waals surface area contributed by atoms with Crippen molar-refractivity contribution in [3.63, 3.8) is 0 Å². The molecule has 1 rings (SSSR count). The molecule has 0 spiro atoms. The minimum absolute atomic E-state index is 0.138. The number of aliphatic hydroxyl groups is 2. The fourth-order valence-corrected chi connectivity index (χ4v) is 0.954. The molecule has 4 heteroatoms. The predicted octanol–water partition coefficient (Wildman–Crippen LogP) is -1.03. The van der Waals surface area contributed by atoms with Crippen molar-refractivity contribution < 1.29 is 15.0 Å². The minimum Gasteiger partial charge on any atom is -0.358 e. The Hall–Kier alpha value is -0.610. The topological polar surface area (TPSA) is 69.6 Å². The van der Waals surface area contributed by atoms with Gasteiger partial charge in [-0.3, -0.25) is 4.79 Å². The summed E-state index contributed by atoms with van der Waals surface area (Å²) < 4.78 is 0. The second-order valence-corrected chi connectivity index (χ2v) is 2.53. The lowest BCUT2D eigenvalue weighted by atomic mass is 10.1. The Morgan fingerprint density at radius 1 is 1.40 bits per heavy atom. The molecule has 0 aromatic carbocycles. The largest absolute Gasteiger partial charge is 0.358 e. The van der Waals surface area contributed by atoms with Gasteiger partial charge in [0.15, 0.2) is 0 Å². The Morgan fingerprint density at radius 3 is 2.80 bits per heavy atom. The summed E-state index contributed by atoms with van der Waals surface area (Å²) in [7, 11) is 0. The highest BCUT2D eigenvalue weighted by Gasteiger charge is 2.33. The van der Waals surface area contributed by atoms with Crippen LogP contribution >= 0.6 is 0 Å². The molecule has 58 valence electrons. The normalized spacial score (nSPS) is 25.2. The van der Waals surface area contributed by atoms with Crippen LogP contribution in [0.3, 0.4) is 0 Å². The van der Waals surface area contributed by atoms with E-state index in [0.717, 1.165) is 6.42 Å². The van der Waals surface area contributed by atoms with E-state index in [1.165, 1.54) is 0 Å². The molecule has 3 N–H and O–H groups in total.